The lowest BCUT2D eigenvalue weighted by Crippen LogP contribution is -2.16. The average molecular weight is 316 g/mol. The molecule has 1 N–H and O–H groups in total. The summed E-state index contributed by atoms with van der Waals surface area (Å²) in [6, 6.07) is 5.24. The first-order valence-corrected chi connectivity index (χ1v) is 7.60. The molecule has 0 saturated heterocycles. The first kappa shape index (κ1) is 15.6. The van der Waals surface area contributed by atoms with Crippen LogP contribution in [0, 0.1) is 5.82 Å². The minimum absolute atomic E-state index is 0.191. The van der Waals surface area contributed by atoms with Crippen molar-refractivity contribution in [1.82, 2.24) is 5.32 Å². The standard InChI is InChI=1S/C15H23BrFN/c1-3-4-5-6-7-8-15(18-2)13-10-9-12(17)11-14(13)16/h9-11,15,18H,3-8H2,1-2H3. The Bertz CT molecular complexity index is 354. The van der Waals surface area contributed by atoms with Crippen LogP contribution in [0.25, 0.3) is 0 Å². The summed E-state index contributed by atoms with van der Waals surface area (Å²) in [6.07, 6.45) is 7.52. The van der Waals surface area contributed by atoms with Gasteiger partial charge in [-0.25, -0.2) is 4.39 Å². The lowest BCUT2D eigenvalue weighted by atomic mass is 10.00. The van der Waals surface area contributed by atoms with Crippen molar-refractivity contribution in [2.24, 2.45) is 0 Å². The van der Waals surface area contributed by atoms with Gasteiger partial charge in [-0.15, -0.1) is 0 Å². The van der Waals surface area contributed by atoms with E-state index in [1.54, 1.807) is 0 Å². The summed E-state index contributed by atoms with van der Waals surface area (Å²) in [5.74, 6) is -0.191. The molecule has 0 heterocycles. The van der Waals surface area contributed by atoms with E-state index in [0.29, 0.717) is 6.04 Å². The highest BCUT2D eigenvalue weighted by Crippen LogP contribution is 2.27. The molecule has 1 unspecified atom stereocenters. The summed E-state index contributed by atoms with van der Waals surface area (Å²) in [5.41, 5.74) is 1.15. The summed E-state index contributed by atoms with van der Waals surface area (Å²) >= 11 is 3.44. The maximum absolute atomic E-state index is 13.1. The molecule has 3 heteroatoms. The highest BCUT2D eigenvalue weighted by molar-refractivity contribution is 9.10. The Morgan fingerprint density at radius 3 is 2.56 bits per heavy atom. The highest BCUT2D eigenvalue weighted by atomic mass is 79.9. The Morgan fingerprint density at radius 2 is 1.94 bits per heavy atom. The van der Waals surface area contributed by atoms with Crippen LogP contribution in [0.3, 0.4) is 0 Å². The second-order valence-corrected chi connectivity index (χ2v) is 5.56. The predicted octanol–water partition coefficient (Wildman–Crippen LogP) is 5.21. The van der Waals surface area contributed by atoms with Crippen molar-refractivity contribution < 1.29 is 4.39 Å². The van der Waals surface area contributed by atoms with E-state index in [2.05, 4.69) is 28.2 Å². The van der Waals surface area contributed by atoms with E-state index in [0.717, 1.165) is 16.5 Å². The number of rotatable bonds is 8. The van der Waals surface area contributed by atoms with Gasteiger partial charge < -0.3 is 5.32 Å². The third-order valence-corrected chi connectivity index (χ3v) is 3.97. The van der Waals surface area contributed by atoms with Crippen LogP contribution in [0.15, 0.2) is 22.7 Å². The Morgan fingerprint density at radius 1 is 1.22 bits per heavy atom. The number of unbranched alkanes of at least 4 members (excludes halogenated alkanes) is 4. The van der Waals surface area contributed by atoms with Gasteiger partial charge in [-0.3, -0.25) is 0 Å². The van der Waals surface area contributed by atoms with Crippen LogP contribution in [-0.2, 0) is 0 Å². The maximum atomic E-state index is 13.1. The molecule has 1 aromatic rings. The van der Waals surface area contributed by atoms with Crippen molar-refractivity contribution in [2.45, 2.75) is 51.5 Å². The number of nitrogens with one attached hydrogen (secondary N) is 1. The lowest BCUT2D eigenvalue weighted by molar-refractivity contribution is 0.498. The van der Waals surface area contributed by atoms with Crippen LogP contribution >= 0.6 is 15.9 Å². The van der Waals surface area contributed by atoms with E-state index in [-0.39, 0.29) is 5.82 Å². The third-order valence-electron chi connectivity index (χ3n) is 3.28. The molecule has 0 fully saturated rings. The molecule has 0 radical (unpaired) electrons. The fourth-order valence-corrected chi connectivity index (χ4v) is 2.82. The van der Waals surface area contributed by atoms with Crippen molar-refractivity contribution in [1.29, 1.82) is 0 Å². The molecule has 0 aliphatic rings. The lowest BCUT2D eigenvalue weighted by Gasteiger charge is -2.18. The molecule has 0 aliphatic carbocycles. The van der Waals surface area contributed by atoms with Crippen molar-refractivity contribution >= 4 is 15.9 Å². The zero-order valence-electron chi connectivity index (χ0n) is 11.3. The molecule has 1 nitrogen and oxygen atoms in total. The van der Waals surface area contributed by atoms with E-state index in [4.69, 9.17) is 0 Å². The van der Waals surface area contributed by atoms with Gasteiger partial charge in [-0.1, -0.05) is 61.0 Å². The van der Waals surface area contributed by atoms with Gasteiger partial charge in [-0.05, 0) is 31.2 Å². The van der Waals surface area contributed by atoms with Gasteiger partial charge >= 0.3 is 0 Å². The van der Waals surface area contributed by atoms with Gasteiger partial charge in [0.2, 0.25) is 0 Å². The fraction of sp³-hybridized carbons (Fsp3) is 0.600. The molecule has 0 aromatic heterocycles. The van der Waals surface area contributed by atoms with E-state index >= 15 is 0 Å². The normalized spacial score (nSPS) is 12.7. The number of benzene rings is 1. The summed E-state index contributed by atoms with van der Waals surface area (Å²) < 4.78 is 13.9. The fourth-order valence-electron chi connectivity index (χ4n) is 2.19. The molecule has 1 atom stereocenters. The third kappa shape index (κ3) is 5.07. The van der Waals surface area contributed by atoms with E-state index < -0.39 is 0 Å². The summed E-state index contributed by atoms with van der Waals surface area (Å²) in [7, 11) is 1.96. The van der Waals surface area contributed by atoms with Crippen LogP contribution in [0.4, 0.5) is 4.39 Å². The van der Waals surface area contributed by atoms with E-state index in [1.165, 1.54) is 44.2 Å². The monoisotopic (exact) mass is 315 g/mol. The number of halogens is 2. The Labute approximate surface area is 118 Å². The Kier molecular flexibility index (Phi) is 7.52. The molecule has 0 amide bonds. The Balaban J connectivity index is 2.49. The predicted molar refractivity (Wildman–Crippen MR) is 79.3 cm³/mol. The van der Waals surface area contributed by atoms with Crippen LogP contribution in [0.1, 0.15) is 57.1 Å². The van der Waals surface area contributed by atoms with Crippen LogP contribution in [0.2, 0.25) is 0 Å². The molecule has 1 rings (SSSR count). The van der Waals surface area contributed by atoms with Gasteiger partial charge in [0.1, 0.15) is 5.82 Å². The van der Waals surface area contributed by atoms with Crippen LogP contribution < -0.4 is 5.32 Å². The van der Waals surface area contributed by atoms with E-state index in [1.807, 2.05) is 13.1 Å². The van der Waals surface area contributed by atoms with Crippen molar-refractivity contribution in [3.63, 3.8) is 0 Å². The topological polar surface area (TPSA) is 12.0 Å². The number of hydrogen-bond donors (Lipinski definition) is 1. The molecule has 102 valence electrons. The van der Waals surface area contributed by atoms with Gasteiger partial charge in [0.05, 0.1) is 0 Å². The van der Waals surface area contributed by atoms with Gasteiger partial charge in [0.15, 0.2) is 0 Å². The SMILES string of the molecule is CCCCCCCC(NC)c1ccc(F)cc1Br. The zero-order chi connectivity index (χ0) is 13.4. The second kappa shape index (κ2) is 8.65. The Hall–Kier alpha value is -0.410. The largest absolute Gasteiger partial charge is 0.313 e. The molecule has 0 bridgehead atoms. The van der Waals surface area contributed by atoms with Crippen LogP contribution in [0.5, 0.6) is 0 Å². The molecule has 1 aromatic carbocycles. The smallest absolute Gasteiger partial charge is 0.124 e. The minimum Gasteiger partial charge on any atom is -0.313 e. The van der Waals surface area contributed by atoms with Gasteiger partial charge in [0, 0.05) is 10.5 Å². The first-order valence-electron chi connectivity index (χ1n) is 6.81. The van der Waals surface area contributed by atoms with Gasteiger partial charge in [-0.2, -0.15) is 0 Å². The quantitative estimate of drug-likeness (QED) is 0.649. The highest BCUT2D eigenvalue weighted by Gasteiger charge is 2.12. The zero-order valence-corrected chi connectivity index (χ0v) is 12.9. The second-order valence-electron chi connectivity index (χ2n) is 4.71. The maximum Gasteiger partial charge on any atom is 0.124 e. The number of hydrogen-bond acceptors (Lipinski definition) is 1. The van der Waals surface area contributed by atoms with Crippen LogP contribution in [-0.4, -0.2) is 7.05 Å². The summed E-state index contributed by atoms with van der Waals surface area (Å²) in [6.45, 7) is 2.23. The molecule has 0 spiro atoms. The molecular weight excluding hydrogens is 293 g/mol. The van der Waals surface area contributed by atoms with Gasteiger partial charge in [0.25, 0.3) is 0 Å². The first-order chi connectivity index (χ1) is 8.69. The molecular formula is C15H23BrFN. The average Bonchev–Trinajstić information content (AvgIpc) is 2.35. The van der Waals surface area contributed by atoms with Crippen molar-refractivity contribution in [2.75, 3.05) is 7.05 Å². The van der Waals surface area contributed by atoms with E-state index in [9.17, 15) is 4.39 Å². The summed E-state index contributed by atoms with van der Waals surface area (Å²) in [5, 5.41) is 3.32. The van der Waals surface area contributed by atoms with Crippen molar-refractivity contribution in [3.05, 3.63) is 34.1 Å². The summed E-state index contributed by atoms with van der Waals surface area (Å²) in [4.78, 5) is 0. The van der Waals surface area contributed by atoms with Crippen molar-refractivity contribution in [3.8, 4) is 0 Å². The minimum atomic E-state index is -0.191. The molecule has 0 aliphatic heterocycles. The molecule has 18 heavy (non-hydrogen) atoms. The molecule has 0 saturated carbocycles.